The lowest BCUT2D eigenvalue weighted by Crippen LogP contribution is -2.53. The molecule has 6 atom stereocenters. The second kappa shape index (κ2) is 9.51. The number of rotatable bonds is 16. The van der Waals surface area contributed by atoms with E-state index in [1.165, 1.54) is 0 Å². The van der Waals surface area contributed by atoms with Gasteiger partial charge in [-0.25, -0.2) is 0 Å². The molecule has 0 aliphatic carbocycles. The van der Waals surface area contributed by atoms with Crippen LogP contribution in [0.15, 0.2) is 0 Å². The third-order valence-electron chi connectivity index (χ3n) is 6.26. The highest BCUT2D eigenvalue weighted by molar-refractivity contribution is 6.78. The molecule has 3 fully saturated rings. The molecule has 3 heterocycles. The fraction of sp³-hybridized carbons (Fsp3) is 0.842. The lowest BCUT2D eigenvalue weighted by atomic mass is 10.2. The number of aldehydes is 3. The Bertz CT molecular complexity index is 447. The second-order valence-electron chi connectivity index (χ2n) is 7.93. The summed E-state index contributed by atoms with van der Waals surface area (Å²) in [5.41, 5.74) is 0.0414. The summed E-state index contributed by atoms with van der Waals surface area (Å²) in [5.74, 6) is 0. The molecule has 0 aromatic heterocycles. The van der Waals surface area contributed by atoms with Gasteiger partial charge in [-0.05, 0) is 35.9 Å². The van der Waals surface area contributed by atoms with Crippen LogP contribution >= 0.6 is 0 Å². The van der Waals surface area contributed by atoms with E-state index in [0.29, 0.717) is 39.1 Å². The van der Waals surface area contributed by atoms with Gasteiger partial charge in [-0.15, -0.1) is 0 Å². The van der Waals surface area contributed by atoms with Gasteiger partial charge in [-0.3, -0.25) is 0 Å². The van der Waals surface area contributed by atoms with Crippen LogP contribution in [0.4, 0.5) is 0 Å². The van der Waals surface area contributed by atoms with Crippen LogP contribution in [-0.4, -0.2) is 72.4 Å². The summed E-state index contributed by atoms with van der Waals surface area (Å²) in [5, 5.41) is 0. The van der Waals surface area contributed by atoms with Crippen LogP contribution in [0.5, 0.6) is 0 Å². The minimum Gasteiger partial charge on any atom is -0.419 e. The van der Waals surface area contributed by atoms with Crippen molar-refractivity contribution in [2.75, 3.05) is 26.9 Å². The molecule has 7 nitrogen and oxygen atoms in total. The molecule has 0 bridgehead atoms. The highest BCUT2D eigenvalue weighted by Crippen LogP contribution is 2.54. The summed E-state index contributed by atoms with van der Waals surface area (Å²) in [7, 11) is -1.02. The molecule has 0 aromatic rings. The molecular weight excluding hydrogens is 368 g/mol. The first kappa shape index (κ1) is 20.8. The summed E-state index contributed by atoms with van der Waals surface area (Å²) >= 11 is 0. The van der Waals surface area contributed by atoms with Crippen molar-refractivity contribution in [1.82, 2.24) is 0 Å². The molecule has 0 spiro atoms. The predicted octanol–water partition coefficient (Wildman–Crippen LogP) is 1.82. The van der Waals surface area contributed by atoms with Gasteiger partial charge >= 0.3 is 0 Å². The molecule has 3 aliphatic rings. The lowest BCUT2D eigenvalue weighted by Gasteiger charge is -2.47. The van der Waals surface area contributed by atoms with Crippen molar-refractivity contribution in [3.63, 3.8) is 0 Å². The van der Waals surface area contributed by atoms with E-state index in [2.05, 4.69) is 0 Å². The van der Waals surface area contributed by atoms with Gasteiger partial charge in [0.1, 0.15) is 18.9 Å². The van der Waals surface area contributed by atoms with Crippen molar-refractivity contribution in [2.45, 2.75) is 73.5 Å². The number of carbonyl (C=O) groups excluding carboxylic acids is 3. The molecule has 0 N–H and O–H groups in total. The van der Waals surface area contributed by atoms with Gasteiger partial charge in [-0.1, -0.05) is 0 Å². The third-order valence-corrected chi connectivity index (χ3v) is 12.2. The lowest BCUT2D eigenvalue weighted by molar-refractivity contribution is -0.108. The predicted molar refractivity (Wildman–Crippen MR) is 99.1 cm³/mol. The SMILES string of the molecule is CO[Si](C(CC=O)CC1CO1)(C(CC=O)CC1CO1)C(CC=O)CC1CO1. The molecule has 0 aromatic carbocycles. The van der Waals surface area contributed by atoms with Crippen molar-refractivity contribution in [2.24, 2.45) is 0 Å². The van der Waals surface area contributed by atoms with Crippen molar-refractivity contribution >= 4 is 27.2 Å². The smallest absolute Gasteiger partial charge is 0.202 e. The Kier molecular flexibility index (Phi) is 7.33. The van der Waals surface area contributed by atoms with Gasteiger partial charge in [-0.2, -0.15) is 0 Å². The average Bonchev–Trinajstić information content (AvgIpc) is 3.49. The molecule has 8 heteroatoms. The zero-order valence-electron chi connectivity index (χ0n) is 15.9. The summed E-state index contributed by atoms with van der Waals surface area (Å²) in [6.45, 7) is 2.12. The van der Waals surface area contributed by atoms with Gasteiger partial charge < -0.3 is 33.0 Å². The minimum atomic E-state index is -2.72. The molecule has 3 saturated heterocycles. The first-order chi connectivity index (χ1) is 13.2. The fourth-order valence-electron chi connectivity index (χ4n) is 4.81. The first-order valence-electron chi connectivity index (χ1n) is 9.88. The van der Waals surface area contributed by atoms with Crippen molar-refractivity contribution in [1.29, 1.82) is 0 Å². The Morgan fingerprint density at radius 2 is 1.07 bits per heavy atom. The molecule has 3 aliphatic heterocycles. The first-order valence-corrected chi connectivity index (χ1v) is 12.0. The maximum absolute atomic E-state index is 11.5. The van der Waals surface area contributed by atoms with E-state index >= 15 is 0 Å². The van der Waals surface area contributed by atoms with E-state index in [-0.39, 0.29) is 34.9 Å². The quantitative estimate of drug-likeness (QED) is 0.222. The van der Waals surface area contributed by atoms with Crippen molar-refractivity contribution in [3.8, 4) is 0 Å². The summed E-state index contributed by atoms with van der Waals surface area (Å²) in [6, 6.07) is 0. The molecular formula is C19H30O7Si. The van der Waals surface area contributed by atoms with E-state index in [9.17, 15) is 14.4 Å². The zero-order chi connectivity index (χ0) is 19.3. The van der Waals surface area contributed by atoms with E-state index in [4.69, 9.17) is 18.6 Å². The largest absolute Gasteiger partial charge is 0.419 e. The van der Waals surface area contributed by atoms with E-state index < -0.39 is 8.32 Å². The topological polar surface area (TPSA) is 98.0 Å². The highest BCUT2D eigenvalue weighted by Gasteiger charge is 2.57. The number of hydrogen-bond donors (Lipinski definition) is 0. The van der Waals surface area contributed by atoms with E-state index in [1.54, 1.807) is 7.11 Å². The number of carbonyl (C=O) groups is 3. The Labute approximate surface area is 161 Å². The Balaban J connectivity index is 1.95. The van der Waals surface area contributed by atoms with Gasteiger partial charge in [0.05, 0.1) is 38.1 Å². The maximum atomic E-state index is 11.5. The number of hydrogen-bond acceptors (Lipinski definition) is 7. The average molecular weight is 399 g/mol. The molecule has 27 heavy (non-hydrogen) atoms. The maximum Gasteiger partial charge on any atom is 0.202 e. The van der Waals surface area contributed by atoms with Crippen LogP contribution in [0.2, 0.25) is 16.6 Å². The Morgan fingerprint density at radius 3 is 1.26 bits per heavy atom. The van der Waals surface area contributed by atoms with Crippen molar-refractivity contribution < 1.29 is 33.0 Å². The fourth-order valence-corrected chi connectivity index (χ4v) is 11.1. The normalized spacial score (nSPS) is 31.2. The monoisotopic (exact) mass is 398 g/mol. The van der Waals surface area contributed by atoms with E-state index in [0.717, 1.165) is 38.1 Å². The molecule has 3 rings (SSSR count). The zero-order valence-corrected chi connectivity index (χ0v) is 16.9. The summed E-state index contributed by atoms with van der Waals surface area (Å²) in [6.07, 6.45) is 6.69. The van der Waals surface area contributed by atoms with Gasteiger partial charge in [0, 0.05) is 26.4 Å². The summed E-state index contributed by atoms with van der Waals surface area (Å²) < 4.78 is 22.7. The van der Waals surface area contributed by atoms with Crippen LogP contribution in [-0.2, 0) is 33.0 Å². The van der Waals surface area contributed by atoms with Gasteiger partial charge in [0.25, 0.3) is 0 Å². The summed E-state index contributed by atoms with van der Waals surface area (Å²) in [4.78, 5) is 34.6. The van der Waals surface area contributed by atoms with Crippen LogP contribution in [0.1, 0.15) is 38.5 Å². The molecule has 0 radical (unpaired) electrons. The van der Waals surface area contributed by atoms with Gasteiger partial charge in [0.2, 0.25) is 8.32 Å². The van der Waals surface area contributed by atoms with Crippen LogP contribution in [0.3, 0.4) is 0 Å². The number of ether oxygens (including phenoxy) is 3. The van der Waals surface area contributed by atoms with Crippen LogP contribution in [0, 0.1) is 0 Å². The molecule has 152 valence electrons. The number of epoxide rings is 3. The van der Waals surface area contributed by atoms with E-state index in [1.807, 2.05) is 0 Å². The van der Waals surface area contributed by atoms with Crippen LogP contribution in [0.25, 0.3) is 0 Å². The minimum absolute atomic E-state index is 0.0138. The highest BCUT2D eigenvalue weighted by atomic mass is 28.4. The van der Waals surface area contributed by atoms with Crippen molar-refractivity contribution in [3.05, 3.63) is 0 Å². The van der Waals surface area contributed by atoms with Gasteiger partial charge in [0.15, 0.2) is 0 Å². The molecule has 0 amide bonds. The standard InChI is InChI=1S/C19H30O7Si/c1-23-27(17(2-5-20)8-14-11-24-14,18(3-6-21)9-15-12-25-15)19(4-7-22)10-16-13-26-16/h5-7,14-19H,2-4,8-13H2,1H3. The molecule has 0 saturated carbocycles. The molecule has 6 unspecified atom stereocenters. The third kappa shape index (κ3) is 5.32. The second-order valence-corrected chi connectivity index (χ2v) is 12.5. The Morgan fingerprint density at radius 1 is 0.778 bits per heavy atom. The Hall–Kier alpha value is -0.933. The van der Waals surface area contributed by atoms with Crippen LogP contribution < -0.4 is 0 Å².